The molecule has 31 heavy (non-hydrogen) atoms. The maximum atomic E-state index is 13.8. The summed E-state index contributed by atoms with van der Waals surface area (Å²) < 4.78 is 27.6. The van der Waals surface area contributed by atoms with Gasteiger partial charge in [-0.05, 0) is 66.1 Å². The van der Waals surface area contributed by atoms with Crippen LogP contribution in [0.1, 0.15) is 25.7 Å². The second-order valence-corrected chi connectivity index (χ2v) is 8.15. The molecule has 6 heteroatoms. The van der Waals surface area contributed by atoms with Crippen molar-refractivity contribution in [2.24, 2.45) is 0 Å². The number of aryl methyl sites for hydroxylation is 1. The van der Waals surface area contributed by atoms with E-state index in [-0.39, 0.29) is 0 Å². The molecule has 154 valence electrons. The third-order valence-electron chi connectivity index (χ3n) is 4.70. The Kier molecular flexibility index (Phi) is 6.00. The molecule has 4 aromatic rings. The van der Waals surface area contributed by atoms with Crippen molar-refractivity contribution in [1.82, 2.24) is 4.98 Å². The lowest BCUT2D eigenvalue weighted by molar-refractivity contribution is 0.101. The highest BCUT2D eigenvalue weighted by molar-refractivity contribution is 7.13. The summed E-state index contributed by atoms with van der Waals surface area (Å²) in [5.41, 5.74) is 2.98. The molecule has 0 aliphatic rings. The number of nitrogens with one attached hydrogen (secondary N) is 1. The van der Waals surface area contributed by atoms with Crippen LogP contribution in [0.3, 0.4) is 0 Å². The van der Waals surface area contributed by atoms with Crippen LogP contribution in [0.25, 0.3) is 23.3 Å². The van der Waals surface area contributed by atoms with E-state index in [9.17, 15) is 13.6 Å². The van der Waals surface area contributed by atoms with Crippen molar-refractivity contribution in [2.75, 3.05) is 5.32 Å². The van der Waals surface area contributed by atoms with E-state index in [4.69, 9.17) is 0 Å². The van der Waals surface area contributed by atoms with Crippen molar-refractivity contribution in [2.45, 2.75) is 6.92 Å². The van der Waals surface area contributed by atoms with Crippen molar-refractivity contribution in [1.29, 1.82) is 0 Å². The van der Waals surface area contributed by atoms with Crippen molar-refractivity contribution in [3.63, 3.8) is 0 Å². The molecule has 2 aromatic carbocycles. The highest BCUT2D eigenvalue weighted by atomic mass is 32.1. The van der Waals surface area contributed by atoms with Gasteiger partial charge in [0, 0.05) is 27.8 Å². The number of thiophene rings is 1. The minimum atomic E-state index is -0.894. The van der Waals surface area contributed by atoms with Gasteiger partial charge < -0.3 is 5.32 Å². The first kappa shape index (κ1) is 20.6. The maximum Gasteiger partial charge on any atom is 0.261 e. The zero-order valence-electron chi connectivity index (χ0n) is 16.6. The molecule has 1 N–H and O–H groups in total. The zero-order chi connectivity index (χ0) is 21.8. The van der Waals surface area contributed by atoms with Crippen LogP contribution in [0, 0.1) is 18.6 Å². The summed E-state index contributed by atoms with van der Waals surface area (Å²) in [6.07, 6.45) is 7.61. The Morgan fingerprint density at radius 1 is 1.00 bits per heavy atom. The normalized spacial score (nSPS) is 11.1. The molecule has 4 rings (SSSR count). The van der Waals surface area contributed by atoms with Crippen LogP contribution in [0.5, 0.6) is 0 Å². The standard InChI is InChI=1S/C25H18F2N2OS/c1-16-21(14-20(31-16)12-7-17-4-3-13-28-15-17)18-8-10-19(11-9-18)29-25(30)24-22(26)5-2-6-23(24)27/h2-15H,1H3,(H,29,30). The average molecular weight is 432 g/mol. The number of benzene rings is 2. The molecular weight excluding hydrogens is 414 g/mol. The molecule has 0 aliphatic heterocycles. The Bertz CT molecular complexity index is 1230. The molecule has 0 spiro atoms. The second-order valence-electron chi connectivity index (χ2n) is 6.87. The number of pyridine rings is 1. The molecule has 0 unspecified atom stereocenters. The Morgan fingerprint density at radius 2 is 1.74 bits per heavy atom. The van der Waals surface area contributed by atoms with E-state index in [1.54, 1.807) is 35.9 Å². The van der Waals surface area contributed by atoms with Crippen molar-refractivity contribution in [3.8, 4) is 11.1 Å². The Labute approximate surface area is 182 Å². The molecular formula is C25H18F2N2OS. The zero-order valence-corrected chi connectivity index (χ0v) is 17.4. The Morgan fingerprint density at radius 3 is 2.42 bits per heavy atom. The predicted octanol–water partition coefficient (Wildman–Crippen LogP) is 6.82. The fourth-order valence-electron chi connectivity index (χ4n) is 3.17. The summed E-state index contributed by atoms with van der Waals surface area (Å²) in [5, 5.41) is 2.54. The summed E-state index contributed by atoms with van der Waals surface area (Å²) >= 11 is 1.68. The fourth-order valence-corrected chi connectivity index (χ4v) is 4.12. The average Bonchev–Trinajstić information content (AvgIpc) is 3.14. The lowest BCUT2D eigenvalue weighted by Gasteiger charge is -2.08. The first-order valence-electron chi connectivity index (χ1n) is 9.55. The van der Waals surface area contributed by atoms with Gasteiger partial charge in [-0.25, -0.2) is 8.78 Å². The number of carbonyl (C=O) groups is 1. The molecule has 0 aliphatic carbocycles. The van der Waals surface area contributed by atoms with Gasteiger partial charge in [-0.15, -0.1) is 11.3 Å². The van der Waals surface area contributed by atoms with Gasteiger partial charge in [0.05, 0.1) is 0 Å². The van der Waals surface area contributed by atoms with Gasteiger partial charge in [0.2, 0.25) is 0 Å². The Hall–Kier alpha value is -3.64. The summed E-state index contributed by atoms with van der Waals surface area (Å²) in [5.74, 6) is -2.61. The van der Waals surface area contributed by atoms with Gasteiger partial charge in [-0.1, -0.05) is 30.3 Å². The van der Waals surface area contributed by atoms with Gasteiger partial charge in [-0.2, -0.15) is 0 Å². The topological polar surface area (TPSA) is 42.0 Å². The van der Waals surface area contributed by atoms with Crippen molar-refractivity contribution < 1.29 is 13.6 Å². The third-order valence-corrected chi connectivity index (χ3v) is 5.72. The Balaban J connectivity index is 1.50. The monoisotopic (exact) mass is 432 g/mol. The van der Waals surface area contributed by atoms with E-state index in [1.165, 1.54) is 6.07 Å². The molecule has 0 fully saturated rings. The maximum absolute atomic E-state index is 13.8. The SMILES string of the molecule is Cc1sc(C=Cc2cccnc2)cc1-c1ccc(NC(=O)c2c(F)cccc2F)cc1. The highest BCUT2D eigenvalue weighted by Gasteiger charge is 2.17. The molecule has 0 radical (unpaired) electrons. The molecule has 0 atom stereocenters. The van der Waals surface area contributed by atoms with Crippen LogP contribution in [-0.4, -0.2) is 10.9 Å². The van der Waals surface area contributed by atoms with E-state index in [1.807, 2.05) is 30.3 Å². The quantitative estimate of drug-likeness (QED) is 0.376. The molecule has 0 saturated carbocycles. The van der Waals surface area contributed by atoms with E-state index in [0.717, 1.165) is 38.6 Å². The van der Waals surface area contributed by atoms with E-state index in [2.05, 4.69) is 29.4 Å². The minimum Gasteiger partial charge on any atom is -0.322 e. The molecule has 2 heterocycles. The first-order valence-corrected chi connectivity index (χ1v) is 10.4. The van der Waals surface area contributed by atoms with Crippen LogP contribution in [0.4, 0.5) is 14.5 Å². The predicted molar refractivity (Wildman–Crippen MR) is 122 cm³/mol. The van der Waals surface area contributed by atoms with Crippen LogP contribution < -0.4 is 5.32 Å². The number of carbonyl (C=O) groups excluding carboxylic acids is 1. The molecule has 1 amide bonds. The lowest BCUT2D eigenvalue weighted by Crippen LogP contribution is -2.15. The number of hydrogen-bond donors (Lipinski definition) is 1. The van der Waals surface area contributed by atoms with Crippen LogP contribution in [0.2, 0.25) is 0 Å². The summed E-state index contributed by atoms with van der Waals surface area (Å²) in [6, 6.07) is 16.5. The van der Waals surface area contributed by atoms with Crippen LogP contribution in [-0.2, 0) is 0 Å². The van der Waals surface area contributed by atoms with Crippen LogP contribution >= 0.6 is 11.3 Å². The van der Waals surface area contributed by atoms with Crippen LogP contribution in [0.15, 0.2) is 73.1 Å². The van der Waals surface area contributed by atoms with E-state index >= 15 is 0 Å². The van der Waals surface area contributed by atoms with E-state index < -0.39 is 23.1 Å². The number of anilines is 1. The van der Waals surface area contributed by atoms with Gasteiger partial charge in [0.25, 0.3) is 5.91 Å². The summed E-state index contributed by atoms with van der Waals surface area (Å²) in [6.45, 7) is 2.05. The fraction of sp³-hybridized carbons (Fsp3) is 0.0400. The van der Waals surface area contributed by atoms with Gasteiger partial charge in [-0.3, -0.25) is 9.78 Å². The third kappa shape index (κ3) is 4.75. The lowest BCUT2D eigenvalue weighted by atomic mass is 10.1. The number of halogens is 2. The second kappa shape index (κ2) is 9.02. The number of amides is 1. The number of nitrogens with zero attached hydrogens (tertiary/aromatic N) is 1. The molecule has 0 saturated heterocycles. The van der Waals surface area contributed by atoms with Crippen molar-refractivity contribution in [3.05, 3.63) is 106 Å². The molecule has 0 bridgehead atoms. The largest absolute Gasteiger partial charge is 0.322 e. The summed E-state index contributed by atoms with van der Waals surface area (Å²) in [7, 11) is 0. The van der Waals surface area contributed by atoms with Gasteiger partial charge in [0.1, 0.15) is 17.2 Å². The van der Waals surface area contributed by atoms with E-state index in [0.29, 0.717) is 5.69 Å². The number of hydrogen-bond acceptors (Lipinski definition) is 3. The smallest absolute Gasteiger partial charge is 0.261 e. The van der Waals surface area contributed by atoms with Gasteiger partial charge >= 0.3 is 0 Å². The molecule has 2 aromatic heterocycles. The molecule has 3 nitrogen and oxygen atoms in total. The number of aromatic nitrogens is 1. The van der Waals surface area contributed by atoms with Gasteiger partial charge in [0.15, 0.2) is 0 Å². The van der Waals surface area contributed by atoms with Crippen molar-refractivity contribution >= 4 is 35.1 Å². The number of rotatable bonds is 5. The summed E-state index contributed by atoms with van der Waals surface area (Å²) in [4.78, 5) is 18.6. The minimum absolute atomic E-state index is 0.459. The highest BCUT2D eigenvalue weighted by Crippen LogP contribution is 2.32. The first-order chi connectivity index (χ1) is 15.0.